The Morgan fingerprint density at radius 2 is 1.06 bits per heavy atom. The minimum absolute atomic E-state index is 0. The second kappa shape index (κ2) is 34.2. The predicted octanol–water partition coefficient (Wildman–Crippen LogP) is 13.1. The van der Waals surface area contributed by atoms with E-state index in [1.807, 2.05) is 88.5 Å². The molecule has 1 saturated heterocycles. The molecule has 1 aliphatic heterocycles. The van der Waals surface area contributed by atoms with E-state index in [0.29, 0.717) is 74.9 Å². The first-order valence-corrected chi connectivity index (χ1v) is 28.8. The third kappa shape index (κ3) is 19.8. The van der Waals surface area contributed by atoms with Gasteiger partial charge in [0.15, 0.2) is 11.6 Å². The molecule has 83 heavy (non-hydrogen) atoms. The summed E-state index contributed by atoms with van der Waals surface area (Å²) in [5.74, 6) is 1.43. The minimum atomic E-state index is -0.422. The molecule has 2 aromatic heterocycles. The van der Waals surface area contributed by atoms with Crippen molar-refractivity contribution >= 4 is 23.5 Å². The number of ketones is 2. The van der Waals surface area contributed by atoms with Crippen LogP contribution < -0.4 is 9.47 Å². The average molecular weight is 1200 g/mol. The third-order valence-corrected chi connectivity index (χ3v) is 14.6. The fourth-order valence-corrected chi connectivity index (χ4v) is 10.3. The van der Waals surface area contributed by atoms with Crippen LogP contribution in [0, 0.1) is 0 Å². The van der Waals surface area contributed by atoms with Gasteiger partial charge in [0.05, 0.1) is 30.6 Å². The number of nitrogens with zero attached hydrogens (tertiary/aromatic N) is 8. The molecule has 0 spiro atoms. The van der Waals surface area contributed by atoms with Crippen molar-refractivity contribution in [3.8, 4) is 11.5 Å². The summed E-state index contributed by atoms with van der Waals surface area (Å²) >= 11 is 0. The molecule has 0 unspecified atom stereocenters. The second-order valence-corrected chi connectivity index (χ2v) is 20.7. The monoisotopic (exact) mass is 1190 g/mol. The predicted molar refractivity (Wildman–Crippen MR) is 320 cm³/mol. The first-order chi connectivity index (χ1) is 39.9. The van der Waals surface area contributed by atoms with Crippen molar-refractivity contribution in [3.05, 3.63) is 246 Å². The number of aromatic nitrogens is 6. The number of rotatable bonds is 24. The minimum Gasteiger partial charge on any atom is -0.494 e. The molecule has 428 valence electrons. The third-order valence-electron chi connectivity index (χ3n) is 14.6. The molecule has 6 aliphatic rings. The van der Waals surface area contributed by atoms with Crippen LogP contribution in [-0.2, 0) is 65.1 Å². The van der Waals surface area contributed by atoms with Gasteiger partial charge in [0.2, 0.25) is 5.91 Å². The molecule has 0 radical (unpaired) electrons. The van der Waals surface area contributed by atoms with Crippen molar-refractivity contribution in [2.24, 2.45) is 0 Å². The summed E-state index contributed by atoms with van der Waals surface area (Å²) in [6, 6.07) is 24.4. The fourth-order valence-electron chi connectivity index (χ4n) is 10.3. The Hall–Kier alpha value is -7.51. The molecule has 5 aromatic rings. The average Bonchev–Trinajstić information content (AvgIpc) is 3.37. The number of aryl methyl sites for hydroxylation is 2. The van der Waals surface area contributed by atoms with Crippen LogP contribution in [0.2, 0.25) is 0 Å². The quantitative estimate of drug-likeness (QED) is 0.0147. The number of amides is 1. The van der Waals surface area contributed by atoms with Crippen molar-refractivity contribution in [1.29, 1.82) is 0 Å². The van der Waals surface area contributed by atoms with E-state index in [1.165, 1.54) is 12.8 Å². The zero-order valence-electron chi connectivity index (χ0n) is 47.0. The van der Waals surface area contributed by atoms with E-state index >= 15 is 0 Å². The molecule has 0 N–H and O–H groups in total. The SMILES string of the molecule is C1=CCC=C1.C1=CCC=C1.O=C(/C=C/C1=CCC=C1)c1ccc(OCCCn2cc(CN(Cc3cn(CCCOc4ccc(C(=O)/C=C/C5=CCC=C5)cc4)nn3)[C@@H]3C(=O)N(C4CCCCCC4)[C@@H]3/C=C/c3ccccc3)nn2)cc1.[Fe+2].[Fe+2]. The van der Waals surface area contributed by atoms with Crippen molar-refractivity contribution < 1.29 is 58.0 Å². The summed E-state index contributed by atoms with van der Waals surface area (Å²) in [4.78, 5) is 44.2. The number of likely N-dealkylation sites (tertiary alicyclic amines) is 1. The van der Waals surface area contributed by atoms with Gasteiger partial charge in [-0.25, -0.2) is 0 Å². The van der Waals surface area contributed by atoms with Gasteiger partial charge >= 0.3 is 34.1 Å². The maximum Gasteiger partial charge on any atom is 2.00 e. The van der Waals surface area contributed by atoms with E-state index in [-0.39, 0.29) is 63.7 Å². The Morgan fingerprint density at radius 3 is 1.49 bits per heavy atom. The number of β-lactam (4-membered cyclic amide) rings is 1. The van der Waals surface area contributed by atoms with Gasteiger partial charge in [-0.2, -0.15) is 0 Å². The molecule has 3 aromatic carbocycles. The second-order valence-electron chi connectivity index (χ2n) is 20.7. The van der Waals surface area contributed by atoms with Crippen LogP contribution in [0.25, 0.3) is 6.08 Å². The van der Waals surface area contributed by atoms with Crippen LogP contribution in [-0.4, -0.2) is 88.6 Å². The molecule has 15 heteroatoms. The Labute approximate surface area is 510 Å². The van der Waals surface area contributed by atoms with Crippen LogP contribution in [0.1, 0.15) is 115 Å². The van der Waals surface area contributed by atoms with Gasteiger partial charge < -0.3 is 14.4 Å². The van der Waals surface area contributed by atoms with Crippen molar-refractivity contribution in [1.82, 2.24) is 39.8 Å². The van der Waals surface area contributed by atoms with Gasteiger partial charge in [0.1, 0.15) is 17.5 Å². The molecule has 2 fully saturated rings. The molecule has 11 rings (SSSR count). The number of benzene rings is 3. The molecule has 1 saturated carbocycles. The van der Waals surface area contributed by atoms with Gasteiger partial charge in [0.25, 0.3) is 0 Å². The summed E-state index contributed by atoms with van der Waals surface area (Å²) in [6.07, 6.45) is 56.4. The maximum atomic E-state index is 14.6. The van der Waals surface area contributed by atoms with Gasteiger partial charge in [0, 0.05) is 68.6 Å². The number of carbonyl (C=O) groups excluding carboxylic acids is 3. The summed E-state index contributed by atoms with van der Waals surface area (Å²) in [5.41, 5.74) is 5.92. The molecular formula is C68H74Fe2N8O5+4. The van der Waals surface area contributed by atoms with Crippen LogP contribution >= 0.6 is 0 Å². The van der Waals surface area contributed by atoms with Crippen molar-refractivity contribution in [3.63, 3.8) is 0 Å². The summed E-state index contributed by atoms with van der Waals surface area (Å²) in [7, 11) is 0. The van der Waals surface area contributed by atoms with E-state index in [2.05, 4.69) is 128 Å². The maximum absolute atomic E-state index is 14.6. The molecule has 5 aliphatic carbocycles. The summed E-state index contributed by atoms with van der Waals surface area (Å²) < 4.78 is 15.7. The standard InChI is InChI=1S/C58H62N8O5.2C5H6.2Fe/c67-55(34-23-45-16-8-9-17-45)47-25-29-52(30-26-47)70-38-12-36-64-42-49(59-61-64)40-63(57-54(33-22-44-14-4-3-5-15-44)66(58(57)69)51-20-6-1-2-7-21-51)41-50-43-65(62-60-50)37-13-39-71-53-31-27-48(28-32-53)56(68)35-24-46-18-10-11-19-46;2*1-2-4-5-3-1;;/h3-5,8,10,14-19,22-35,42-43,51,54,57H,1-2,6-7,9,11-13,20-21,36-41H2;2*1-4H,5H2;;/q;;;2*+2/b33-22+,34-23+,35-24+;;;;/t54-,57+;;;;/m1..../s1. The summed E-state index contributed by atoms with van der Waals surface area (Å²) in [5, 5.41) is 18.1. The molecule has 3 heterocycles. The number of hydrogen-bond donors (Lipinski definition) is 0. The fraction of sp³-hybridized carbons (Fsp3) is 0.309. The zero-order chi connectivity index (χ0) is 55.7. The molecular weight excluding hydrogens is 1120 g/mol. The first-order valence-electron chi connectivity index (χ1n) is 28.8. The van der Waals surface area contributed by atoms with E-state index in [1.54, 1.807) is 36.4 Å². The van der Waals surface area contributed by atoms with E-state index in [4.69, 9.17) is 9.47 Å². The number of carbonyl (C=O) groups is 3. The van der Waals surface area contributed by atoms with Crippen molar-refractivity contribution in [2.75, 3.05) is 13.2 Å². The van der Waals surface area contributed by atoms with Crippen LogP contribution in [0.4, 0.5) is 0 Å². The molecule has 1 amide bonds. The Bertz CT molecular complexity index is 3020. The van der Waals surface area contributed by atoms with Crippen LogP contribution in [0.5, 0.6) is 11.5 Å². The zero-order valence-corrected chi connectivity index (χ0v) is 49.2. The number of ether oxygens (including phenoxy) is 2. The molecule has 13 nitrogen and oxygen atoms in total. The molecule has 0 bridgehead atoms. The van der Waals surface area contributed by atoms with Gasteiger partial charge in [-0.15, -0.1) is 10.2 Å². The number of allylic oxidation sites excluding steroid dienone is 20. The van der Waals surface area contributed by atoms with Crippen LogP contribution in [0.15, 0.2) is 218 Å². The Balaban J connectivity index is 0.000000747. The van der Waals surface area contributed by atoms with E-state index < -0.39 is 6.04 Å². The van der Waals surface area contributed by atoms with Crippen LogP contribution in [0.3, 0.4) is 0 Å². The normalized spacial score (nSPS) is 17.7. The van der Waals surface area contributed by atoms with Gasteiger partial charge in [-0.3, -0.25) is 28.6 Å². The first kappa shape index (κ1) is 63.1. The largest absolute Gasteiger partial charge is 2.00 e. The topological polar surface area (TPSA) is 138 Å². The molecule has 2 atom stereocenters. The summed E-state index contributed by atoms with van der Waals surface area (Å²) in [6.45, 7) is 2.90. The van der Waals surface area contributed by atoms with E-state index in [0.717, 1.165) is 79.5 Å². The van der Waals surface area contributed by atoms with E-state index in [9.17, 15) is 14.4 Å². The smallest absolute Gasteiger partial charge is 0.494 e. The Morgan fingerprint density at radius 1 is 0.578 bits per heavy atom. The van der Waals surface area contributed by atoms with Gasteiger partial charge in [-0.05, 0) is 116 Å². The van der Waals surface area contributed by atoms with Crippen molar-refractivity contribution in [2.45, 2.75) is 121 Å². The van der Waals surface area contributed by atoms with Gasteiger partial charge in [-0.1, -0.05) is 176 Å². The Kier molecular flexibility index (Phi) is 26.0. The number of hydrogen-bond acceptors (Lipinski definition) is 10.